The minimum Gasteiger partial charge on any atom is -0.323 e. The molecule has 112 valence electrons. The van der Waals surface area contributed by atoms with E-state index >= 15 is 0 Å². The molecular weight excluding hydrogens is 264 g/mol. The van der Waals surface area contributed by atoms with Gasteiger partial charge in [0, 0.05) is 6.42 Å². The van der Waals surface area contributed by atoms with Gasteiger partial charge in [0.2, 0.25) is 5.91 Å². The van der Waals surface area contributed by atoms with Gasteiger partial charge in [0.15, 0.2) is 0 Å². The third kappa shape index (κ3) is 3.70. The fourth-order valence-electron chi connectivity index (χ4n) is 2.27. The molecule has 2 aromatic rings. The second kappa shape index (κ2) is 7.04. The lowest BCUT2D eigenvalue weighted by molar-refractivity contribution is -0.116. The summed E-state index contributed by atoms with van der Waals surface area (Å²) < 4.78 is 1.86. The Hall–Kier alpha value is -2.14. The number of hydrogen-bond donors (Lipinski definition) is 2. The summed E-state index contributed by atoms with van der Waals surface area (Å²) in [7, 11) is 1.89. The Balaban J connectivity index is 2.15. The first-order chi connectivity index (χ1) is 10.1. The van der Waals surface area contributed by atoms with Crippen LogP contribution in [0, 0.1) is 13.8 Å². The average Bonchev–Trinajstić information content (AvgIpc) is 2.76. The van der Waals surface area contributed by atoms with Crippen molar-refractivity contribution in [3.63, 3.8) is 0 Å². The first-order valence-electron chi connectivity index (χ1n) is 7.19. The van der Waals surface area contributed by atoms with E-state index in [4.69, 9.17) is 0 Å². The summed E-state index contributed by atoms with van der Waals surface area (Å²) >= 11 is 0. The lowest BCUT2D eigenvalue weighted by atomic mass is 10.2. The highest BCUT2D eigenvalue weighted by molar-refractivity contribution is 5.92. The van der Waals surface area contributed by atoms with Crippen LogP contribution in [0.2, 0.25) is 0 Å². The molecule has 2 rings (SSSR count). The molecule has 21 heavy (non-hydrogen) atoms. The van der Waals surface area contributed by atoms with Crippen LogP contribution in [0.3, 0.4) is 0 Å². The van der Waals surface area contributed by atoms with Crippen molar-refractivity contribution in [3.8, 4) is 5.69 Å². The largest absolute Gasteiger partial charge is 0.323 e. The first kappa shape index (κ1) is 15.3. The molecule has 0 fully saturated rings. The fourth-order valence-corrected chi connectivity index (χ4v) is 2.27. The van der Waals surface area contributed by atoms with Crippen molar-refractivity contribution < 1.29 is 4.79 Å². The van der Waals surface area contributed by atoms with Gasteiger partial charge in [-0.05, 0) is 46.0 Å². The molecule has 0 saturated heterocycles. The number of anilines is 1. The monoisotopic (exact) mass is 286 g/mol. The van der Waals surface area contributed by atoms with Gasteiger partial charge in [0.05, 0.1) is 22.8 Å². The molecule has 1 heterocycles. The van der Waals surface area contributed by atoms with E-state index < -0.39 is 0 Å². The van der Waals surface area contributed by atoms with Crippen LogP contribution in [-0.4, -0.2) is 29.3 Å². The third-order valence-corrected chi connectivity index (χ3v) is 3.39. The van der Waals surface area contributed by atoms with Crippen molar-refractivity contribution in [2.24, 2.45) is 0 Å². The number of nitrogens with one attached hydrogen (secondary N) is 2. The van der Waals surface area contributed by atoms with Crippen LogP contribution in [-0.2, 0) is 4.79 Å². The zero-order chi connectivity index (χ0) is 15.2. The zero-order valence-corrected chi connectivity index (χ0v) is 12.8. The van der Waals surface area contributed by atoms with E-state index in [1.807, 2.05) is 55.9 Å². The molecule has 1 aromatic heterocycles. The molecule has 0 atom stereocenters. The minimum atomic E-state index is 0.0315. The summed E-state index contributed by atoms with van der Waals surface area (Å²) in [6.07, 6.45) is 1.34. The Morgan fingerprint density at radius 2 is 1.95 bits per heavy atom. The van der Waals surface area contributed by atoms with E-state index in [9.17, 15) is 4.79 Å². The second-order valence-electron chi connectivity index (χ2n) is 5.05. The number of aromatic nitrogens is 2. The quantitative estimate of drug-likeness (QED) is 0.802. The van der Waals surface area contributed by atoms with Gasteiger partial charge in [0.1, 0.15) is 0 Å². The Bertz CT molecular complexity index is 604. The van der Waals surface area contributed by atoms with Crippen molar-refractivity contribution in [1.29, 1.82) is 0 Å². The maximum Gasteiger partial charge on any atom is 0.224 e. The maximum atomic E-state index is 12.0. The molecule has 5 heteroatoms. The van der Waals surface area contributed by atoms with E-state index in [2.05, 4.69) is 15.7 Å². The number of rotatable bonds is 6. The fraction of sp³-hybridized carbons (Fsp3) is 0.375. The van der Waals surface area contributed by atoms with Crippen LogP contribution in [0.4, 0.5) is 5.69 Å². The van der Waals surface area contributed by atoms with Gasteiger partial charge in [-0.2, -0.15) is 5.10 Å². The van der Waals surface area contributed by atoms with E-state index in [1.54, 1.807) is 0 Å². The summed E-state index contributed by atoms with van der Waals surface area (Å²) in [4.78, 5) is 12.0. The highest BCUT2D eigenvalue weighted by atomic mass is 16.1. The van der Waals surface area contributed by atoms with E-state index in [0.717, 1.165) is 35.7 Å². The van der Waals surface area contributed by atoms with Crippen LogP contribution in [0.15, 0.2) is 30.3 Å². The van der Waals surface area contributed by atoms with E-state index in [0.29, 0.717) is 6.42 Å². The molecule has 0 bridgehead atoms. The van der Waals surface area contributed by atoms with Gasteiger partial charge < -0.3 is 10.6 Å². The van der Waals surface area contributed by atoms with Crippen molar-refractivity contribution in [2.75, 3.05) is 18.9 Å². The first-order valence-corrected chi connectivity index (χ1v) is 7.19. The minimum absolute atomic E-state index is 0.0315. The number of carbonyl (C=O) groups excluding carboxylic acids is 1. The summed E-state index contributed by atoms with van der Waals surface area (Å²) in [5.74, 6) is 0.0315. The van der Waals surface area contributed by atoms with Gasteiger partial charge in [0.25, 0.3) is 0 Å². The molecule has 1 aromatic carbocycles. The van der Waals surface area contributed by atoms with Crippen molar-refractivity contribution in [2.45, 2.75) is 26.7 Å². The summed E-state index contributed by atoms with van der Waals surface area (Å²) in [6, 6.07) is 9.92. The Labute approximate surface area is 125 Å². The van der Waals surface area contributed by atoms with Crippen LogP contribution in [0.25, 0.3) is 5.69 Å². The molecule has 0 spiro atoms. The number of carbonyl (C=O) groups is 1. The smallest absolute Gasteiger partial charge is 0.224 e. The van der Waals surface area contributed by atoms with Crippen LogP contribution < -0.4 is 10.6 Å². The summed E-state index contributed by atoms with van der Waals surface area (Å²) in [5.41, 5.74) is 3.58. The van der Waals surface area contributed by atoms with Gasteiger partial charge in [-0.3, -0.25) is 4.79 Å². The SMILES string of the molecule is CNCCCC(=O)Nc1c(C)nn(-c2ccccc2)c1C. The Morgan fingerprint density at radius 3 is 2.62 bits per heavy atom. The average molecular weight is 286 g/mol. The lowest BCUT2D eigenvalue weighted by Crippen LogP contribution is -2.16. The van der Waals surface area contributed by atoms with Crippen LogP contribution in [0.1, 0.15) is 24.2 Å². The molecule has 0 radical (unpaired) electrons. The number of aryl methyl sites for hydroxylation is 1. The van der Waals surface area contributed by atoms with Gasteiger partial charge in [-0.25, -0.2) is 4.68 Å². The number of amides is 1. The van der Waals surface area contributed by atoms with E-state index in [1.165, 1.54) is 0 Å². The molecule has 0 saturated carbocycles. The predicted molar refractivity (Wildman–Crippen MR) is 84.8 cm³/mol. The van der Waals surface area contributed by atoms with Crippen molar-refractivity contribution >= 4 is 11.6 Å². The molecule has 1 amide bonds. The molecule has 0 unspecified atom stereocenters. The molecule has 0 aliphatic carbocycles. The van der Waals surface area contributed by atoms with E-state index in [-0.39, 0.29) is 5.91 Å². The number of para-hydroxylation sites is 1. The van der Waals surface area contributed by atoms with Crippen LogP contribution in [0.5, 0.6) is 0 Å². The zero-order valence-electron chi connectivity index (χ0n) is 12.8. The number of benzene rings is 1. The van der Waals surface area contributed by atoms with Gasteiger partial charge in [-0.15, -0.1) is 0 Å². The maximum absolute atomic E-state index is 12.0. The highest BCUT2D eigenvalue weighted by Gasteiger charge is 2.14. The standard InChI is InChI=1S/C16H22N4O/c1-12-16(18-15(21)10-7-11-17-3)13(2)20(19-12)14-8-5-4-6-9-14/h4-6,8-9,17H,7,10-11H2,1-3H3,(H,18,21). The Kier molecular flexibility index (Phi) is 5.11. The number of hydrogen-bond acceptors (Lipinski definition) is 3. The predicted octanol–water partition coefficient (Wildman–Crippen LogP) is 2.43. The third-order valence-electron chi connectivity index (χ3n) is 3.39. The summed E-state index contributed by atoms with van der Waals surface area (Å²) in [5, 5.41) is 10.5. The second-order valence-corrected chi connectivity index (χ2v) is 5.05. The van der Waals surface area contributed by atoms with Gasteiger partial charge >= 0.3 is 0 Å². The Morgan fingerprint density at radius 1 is 1.24 bits per heavy atom. The van der Waals surface area contributed by atoms with Gasteiger partial charge in [-0.1, -0.05) is 18.2 Å². The molecule has 0 aliphatic rings. The van der Waals surface area contributed by atoms with Crippen molar-refractivity contribution in [1.82, 2.24) is 15.1 Å². The normalized spacial score (nSPS) is 10.6. The highest BCUT2D eigenvalue weighted by Crippen LogP contribution is 2.22. The lowest BCUT2D eigenvalue weighted by Gasteiger charge is -2.07. The van der Waals surface area contributed by atoms with Crippen molar-refractivity contribution in [3.05, 3.63) is 41.7 Å². The molecular formula is C16H22N4O. The summed E-state index contributed by atoms with van der Waals surface area (Å²) in [6.45, 7) is 4.72. The topological polar surface area (TPSA) is 59.0 Å². The molecule has 5 nitrogen and oxygen atoms in total. The number of nitrogens with zero attached hydrogens (tertiary/aromatic N) is 2. The van der Waals surface area contributed by atoms with Crippen LogP contribution >= 0.6 is 0 Å². The molecule has 2 N–H and O–H groups in total. The molecule has 0 aliphatic heterocycles.